The van der Waals surface area contributed by atoms with Crippen LogP contribution in [0.1, 0.15) is 43.5 Å². The van der Waals surface area contributed by atoms with Crippen molar-refractivity contribution in [3.63, 3.8) is 0 Å². The Morgan fingerprint density at radius 1 is 1.32 bits per heavy atom. The molecule has 2 heterocycles. The van der Waals surface area contributed by atoms with Crippen LogP contribution in [0.4, 0.5) is 0 Å². The van der Waals surface area contributed by atoms with Gasteiger partial charge in [-0.1, -0.05) is 19.9 Å². The first kappa shape index (κ1) is 13.7. The normalized spacial score (nSPS) is 12.6. The van der Waals surface area contributed by atoms with E-state index in [1.807, 2.05) is 25.4 Å². The largest absolute Gasteiger partial charge is 0.333 e. The lowest BCUT2D eigenvalue weighted by atomic mass is 10.1. The van der Waals surface area contributed by atoms with Gasteiger partial charge in [-0.15, -0.1) is 0 Å². The molecule has 0 aliphatic carbocycles. The maximum atomic E-state index is 4.63. The van der Waals surface area contributed by atoms with Gasteiger partial charge in [0.2, 0.25) is 0 Å². The number of hydrogen-bond donors (Lipinski definition) is 1. The minimum Gasteiger partial charge on any atom is -0.333 e. The van der Waals surface area contributed by atoms with Gasteiger partial charge >= 0.3 is 0 Å². The molecule has 4 heteroatoms. The summed E-state index contributed by atoms with van der Waals surface area (Å²) in [4.78, 5) is 9.15. The zero-order valence-electron chi connectivity index (χ0n) is 11.9. The molecule has 1 N–H and O–H groups in total. The van der Waals surface area contributed by atoms with E-state index in [2.05, 4.69) is 45.8 Å². The molecule has 2 aromatic rings. The third-order valence-electron chi connectivity index (χ3n) is 3.08. The lowest BCUT2D eigenvalue weighted by Crippen LogP contribution is -2.26. The molecule has 0 saturated heterocycles. The van der Waals surface area contributed by atoms with Crippen molar-refractivity contribution in [2.24, 2.45) is 0 Å². The minimum absolute atomic E-state index is 0.0615. The number of nitrogens with zero attached hydrogens (tertiary/aromatic N) is 3. The molecule has 0 spiro atoms. The second-order valence-electron chi connectivity index (χ2n) is 4.67. The molecular formula is C15H22N4. The molecule has 1 unspecified atom stereocenters. The van der Waals surface area contributed by atoms with Gasteiger partial charge in [-0.3, -0.25) is 4.98 Å². The van der Waals surface area contributed by atoms with E-state index in [0.717, 1.165) is 36.7 Å². The fourth-order valence-electron chi connectivity index (χ4n) is 2.27. The van der Waals surface area contributed by atoms with Crippen molar-refractivity contribution < 1.29 is 0 Å². The summed E-state index contributed by atoms with van der Waals surface area (Å²) in [7, 11) is 0. The van der Waals surface area contributed by atoms with Gasteiger partial charge in [0.05, 0.1) is 5.69 Å². The van der Waals surface area contributed by atoms with Crippen LogP contribution in [0, 0.1) is 6.92 Å². The van der Waals surface area contributed by atoms with Crippen LogP contribution < -0.4 is 5.32 Å². The Bertz CT molecular complexity index is 518. The molecule has 0 bridgehead atoms. The second kappa shape index (κ2) is 6.48. The third-order valence-corrected chi connectivity index (χ3v) is 3.08. The molecule has 102 valence electrons. The molecule has 2 rings (SSSR count). The highest BCUT2D eigenvalue weighted by molar-refractivity contribution is 5.20. The van der Waals surface area contributed by atoms with Crippen molar-refractivity contribution in [3.05, 3.63) is 47.8 Å². The Kier molecular flexibility index (Phi) is 4.68. The number of nitrogens with one attached hydrogen (secondary N) is 1. The first-order chi connectivity index (χ1) is 9.26. The summed E-state index contributed by atoms with van der Waals surface area (Å²) in [5.41, 5.74) is 2.07. The Labute approximate surface area is 114 Å². The molecule has 0 aliphatic heterocycles. The standard InChI is InChI=1S/C15H22N4/c1-4-10-19-11-9-17-15(19)14(16-5-2)13-8-6-7-12(3)18-13/h6-9,11,14,16H,4-5,10H2,1-3H3. The van der Waals surface area contributed by atoms with E-state index >= 15 is 0 Å². The quantitative estimate of drug-likeness (QED) is 0.866. The van der Waals surface area contributed by atoms with E-state index in [4.69, 9.17) is 0 Å². The molecule has 0 fully saturated rings. The van der Waals surface area contributed by atoms with Crippen molar-refractivity contribution in [2.75, 3.05) is 6.54 Å². The minimum atomic E-state index is 0.0615. The number of hydrogen-bond acceptors (Lipinski definition) is 3. The van der Waals surface area contributed by atoms with E-state index < -0.39 is 0 Å². The van der Waals surface area contributed by atoms with Crippen molar-refractivity contribution in [1.82, 2.24) is 19.9 Å². The van der Waals surface area contributed by atoms with Gasteiger partial charge < -0.3 is 9.88 Å². The second-order valence-corrected chi connectivity index (χ2v) is 4.67. The van der Waals surface area contributed by atoms with Gasteiger partial charge in [-0.25, -0.2) is 4.98 Å². The third kappa shape index (κ3) is 3.20. The van der Waals surface area contributed by atoms with Crippen molar-refractivity contribution in [1.29, 1.82) is 0 Å². The predicted molar refractivity (Wildman–Crippen MR) is 77.0 cm³/mol. The summed E-state index contributed by atoms with van der Waals surface area (Å²) in [5, 5.41) is 3.48. The zero-order chi connectivity index (χ0) is 13.7. The first-order valence-corrected chi connectivity index (χ1v) is 6.94. The highest BCUT2D eigenvalue weighted by atomic mass is 15.1. The van der Waals surface area contributed by atoms with Crippen molar-refractivity contribution >= 4 is 0 Å². The Hall–Kier alpha value is -1.68. The van der Waals surface area contributed by atoms with Crippen LogP contribution in [-0.4, -0.2) is 21.1 Å². The smallest absolute Gasteiger partial charge is 0.132 e. The fourth-order valence-corrected chi connectivity index (χ4v) is 2.27. The van der Waals surface area contributed by atoms with Crippen molar-refractivity contribution in [2.45, 2.75) is 39.8 Å². The lowest BCUT2D eigenvalue weighted by molar-refractivity contribution is 0.534. The lowest BCUT2D eigenvalue weighted by Gasteiger charge is -2.19. The van der Waals surface area contributed by atoms with E-state index in [0.29, 0.717) is 0 Å². The molecule has 2 aromatic heterocycles. The molecular weight excluding hydrogens is 236 g/mol. The monoisotopic (exact) mass is 258 g/mol. The van der Waals surface area contributed by atoms with Crippen LogP contribution >= 0.6 is 0 Å². The molecule has 0 radical (unpaired) electrons. The van der Waals surface area contributed by atoms with Crippen molar-refractivity contribution in [3.8, 4) is 0 Å². The van der Waals surface area contributed by atoms with Crippen LogP contribution in [0.3, 0.4) is 0 Å². The summed E-state index contributed by atoms with van der Waals surface area (Å²) >= 11 is 0. The van der Waals surface area contributed by atoms with Crippen LogP contribution in [0.5, 0.6) is 0 Å². The molecule has 1 atom stereocenters. The maximum Gasteiger partial charge on any atom is 0.132 e. The molecule has 0 aromatic carbocycles. The Morgan fingerprint density at radius 2 is 2.16 bits per heavy atom. The van der Waals surface area contributed by atoms with Gasteiger partial charge in [0.15, 0.2) is 0 Å². The van der Waals surface area contributed by atoms with Gasteiger partial charge in [0, 0.05) is 24.6 Å². The van der Waals surface area contributed by atoms with E-state index in [1.165, 1.54) is 0 Å². The SMILES string of the molecule is CCCn1ccnc1C(NCC)c1cccc(C)n1. The summed E-state index contributed by atoms with van der Waals surface area (Å²) in [6.07, 6.45) is 5.01. The summed E-state index contributed by atoms with van der Waals surface area (Å²) in [6, 6.07) is 6.19. The predicted octanol–water partition coefficient (Wildman–Crippen LogP) is 2.70. The number of aromatic nitrogens is 3. The fraction of sp³-hybridized carbons (Fsp3) is 0.467. The number of imidazole rings is 1. The average molecular weight is 258 g/mol. The molecule has 0 saturated carbocycles. The maximum absolute atomic E-state index is 4.63. The molecule has 19 heavy (non-hydrogen) atoms. The Balaban J connectivity index is 2.36. The molecule has 0 aliphatic rings. The highest BCUT2D eigenvalue weighted by Gasteiger charge is 2.19. The van der Waals surface area contributed by atoms with Gasteiger partial charge in [-0.2, -0.15) is 0 Å². The van der Waals surface area contributed by atoms with E-state index in [-0.39, 0.29) is 6.04 Å². The van der Waals surface area contributed by atoms with Crippen LogP contribution in [0.15, 0.2) is 30.6 Å². The number of aryl methyl sites for hydroxylation is 2. The van der Waals surface area contributed by atoms with Crippen LogP contribution in [-0.2, 0) is 6.54 Å². The van der Waals surface area contributed by atoms with Gasteiger partial charge in [0.25, 0.3) is 0 Å². The van der Waals surface area contributed by atoms with E-state index in [1.54, 1.807) is 0 Å². The zero-order valence-corrected chi connectivity index (χ0v) is 11.9. The number of pyridine rings is 1. The molecule has 0 amide bonds. The summed E-state index contributed by atoms with van der Waals surface area (Å²) in [5.74, 6) is 1.04. The van der Waals surface area contributed by atoms with Crippen LogP contribution in [0.2, 0.25) is 0 Å². The molecule has 4 nitrogen and oxygen atoms in total. The topological polar surface area (TPSA) is 42.7 Å². The Morgan fingerprint density at radius 3 is 2.84 bits per heavy atom. The van der Waals surface area contributed by atoms with Gasteiger partial charge in [0.1, 0.15) is 11.9 Å². The highest BCUT2D eigenvalue weighted by Crippen LogP contribution is 2.19. The summed E-state index contributed by atoms with van der Waals surface area (Å²) in [6.45, 7) is 8.18. The number of rotatable bonds is 6. The van der Waals surface area contributed by atoms with E-state index in [9.17, 15) is 0 Å². The van der Waals surface area contributed by atoms with Gasteiger partial charge in [-0.05, 0) is 32.0 Å². The average Bonchev–Trinajstić information content (AvgIpc) is 2.84. The van der Waals surface area contributed by atoms with Crippen LogP contribution in [0.25, 0.3) is 0 Å². The summed E-state index contributed by atoms with van der Waals surface area (Å²) < 4.78 is 2.21. The first-order valence-electron chi connectivity index (χ1n) is 6.94.